The molecule has 1 spiro atoms. The maximum Gasteiger partial charge on any atom is 0.164 e. The number of fused-ring (bicyclic) bond motifs is 3. The first-order valence-corrected chi connectivity index (χ1v) is 11.7. The topological polar surface area (TPSA) is 59.9 Å². The summed E-state index contributed by atoms with van der Waals surface area (Å²) < 4.78 is 6.25. The second kappa shape index (κ2) is 7.03. The predicted molar refractivity (Wildman–Crippen MR) is 116 cm³/mol. The fourth-order valence-electron chi connectivity index (χ4n) is 5.44. The van der Waals surface area contributed by atoms with Gasteiger partial charge in [-0.1, -0.05) is 12.8 Å². The zero-order valence-electron chi connectivity index (χ0n) is 16.6. The van der Waals surface area contributed by atoms with E-state index in [1.54, 1.807) is 6.20 Å². The summed E-state index contributed by atoms with van der Waals surface area (Å²) in [6, 6.07) is 4.41. The summed E-state index contributed by atoms with van der Waals surface area (Å²) in [5, 5.41) is 5.12. The van der Waals surface area contributed by atoms with E-state index in [2.05, 4.69) is 10.3 Å². The highest BCUT2D eigenvalue weighted by molar-refractivity contribution is 7.19. The number of nitrogens with zero attached hydrogens (tertiary/aromatic N) is 3. The van der Waals surface area contributed by atoms with Crippen molar-refractivity contribution in [3.05, 3.63) is 35.0 Å². The van der Waals surface area contributed by atoms with E-state index in [-0.39, 0.29) is 5.60 Å². The zero-order valence-corrected chi connectivity index (χ0v) is 17.4. The van der Waals surface area contributed by atoms with Crippen molar-refractivity contribution in [2.45, 2.75) is 69.4 Å². The highest BCUT2D eigenvalue weighted by Gasteiger charge is 2.40. The Bertz CT molecular complexity index is 1040. The minimum atomic E-state index is 0.102. The highest BCUT2D eigenvalue weighted by Crippen LogP contribution is 2.43. The third kappa shape index (κ3) is 3.13. The van der Waals surface area contributed by atoms with Gasteiger partial charge >= 0.3 is 0 Å². The number of rotatable bonds is 3. The van der Waals surface area contributed by atoms with Crippen LogP contribution in [0, 0.1) is 0 Å². The highest BCUT2D eigenvalue weighted by atomic mass is 32.1. The first-order chi connectivity index (χ1) is 14.3. The van der Waals surface area contributed by atoms with Gasteiger partial charge in [0.05, 0.1) is 11.0 Å². The molecule has 1 atom stereocenters. The molecule has 3 aliphatic rings. The van der Waals surface area contributed by atoms with Gasteiger partial charge in [0, 0.05) is 35.5 Å². The van der Waals surface area contributed by atoms with Gasteiger partial charge in [0.15, 0.2) is 5.82 Å². The van der Waals surface area contributed by atoms with Crippen molar-refractivity contribution in [3.8, 4) is 11.4 Å². The zero-order chi connectivity index (χ0) is 19.3. The minimum Gasteiger partial charge on any atom is -0.375 e. The average molecular weight is 407 g/mol. The maximum atomic E-state index is 6.25. The molecule has 4 heterocycles. The predicted octanol–water partition coefficient (Wildman–Crippen LogP) is 5.15. The Morgan fingerprint density at radius 1 is 1.14 bits per heavy atom. The van der Waals surface area contributed by atoms with Crippen LogP contribution in [0.5, 0.6) is 0 Å². The number of anilines is 1. The quantitative estimate of drug-likeness (QED) is 0.652. The Labute approximate surface area is 174 Å². The molecule has 6 rings (SSSR count). The SMILES string of the molecule is c1cncc(-c2nc(NC3CCOC4(CCCC4)C3)c3c4c(sc3n2)CCC4)c1. The van der Waals surface area contributed by atoms with Gasteiger partial charge < -0.3 is 10.1 Å². The van der Waals surface area contributed by atoms with Gasteiger partial charge in [-0.05, 0) is 62.6 Å². The van der Waals surface area contributed by atoms with E-state index in [1.165, 1.54) is 54.4 Å². The molecule has 0 bridgehead atoms. The van der Waals surface area contributed by atoms with Crippen LogP contribution >= 0.6 is 11.3 Å². The van der Waals surface area contributed by atoms with Crippen LogP contribution < -0.4 is 5.32 Å². The van der Waals surface area contributed by atoms with Gasteiger partial charge in [-0.2, -0.15) is 0 Å². The van der Waals surface area contributed by atoms with Gasteiger partial charge in [0.2, 0.25) is 0 Å². The fraction of sp³-hybridized carbons (Fsp3) is 0.522. The normalized spacial score (nSPS) is 23.0. The van der Waals surface area contributed by atoms with E-state index in [1.807, 2.05) is 29.7 Å². The molecule has 0 radical (unpaired) electrons. The second-order valence-electron chi connectivity index (χ2n) is 8.75. The summed E-state index contributed by atoms with van der Waals surface area (Å²) in [4.78, 5) is 16.9. The van der Waals surface area contributed by atoms with E-state index < -0.39 is 0 Å². The smallest absolute Gasteiger partial charge is 0.164 e. The van der Waals surface area contributed by atoms with Crippen LogP contribution in [0.25, 0.3) is 21.6 Å². The lowest BCUT2D eigenvalue weighted by Gasteiger charge is -2.38. The van der Waals surface area contributed by atoms with Gasteiger partial charge in [0.1, 0.15) is 10.6 Å². The molecule has 1 saturated heterocycles. The molecule has 29 heavy (non-hydrogen) atoms. The molecule has 6 heteroatoms. The lowest BCUT2D eigenvalue weighted by molar-refractivity contribution is -0.0767. The van der Waals surface area contributed by atoms with Crippen molar-refractivity contribution in [3.63, 3.8) is 0 Å². The first-order valence-electron chi connectivity index (χ1n) is 10.9. The lowest BCUT2D eigenvalue weighted by atomic mass is 9.89. The van der Waals surface area contributed by atoms with Crippen molar-refractivity contribution < 1.29 is 4.74 Å². The molecular formula is C23H26N4OS. The van der Waals surface area contributed by atoms with Crippen LogP contribution in [-0.4, -0.2) is 33.2 Å². The third-order valence-electron chi connectivity index (χ3n) is 6.83. The number of hydrogen-bond donors (Lipinski definition) is 1. The number of aryl methyl sites for hydroxylation is 2. The Balaban J connectivity index is 1.41. The third-order valence-corrected chi connectivity index (χ3v) is 8.02. The van der Waals surface area contributed by atoms with Gasteiger partial charge in [0.25, 0.3) is 0 Å². The molecule has 1 N–H and O–H groups in total. The molecule has 2 aliphatic carbocycles. The molecular weight excluding hydrogens is 380 g/mol. The standard InChI is InChI=1S/C23H26N4OS/c1-2-10-23(9-1)13-16(8-12-28-23)25-21-19-17-6-3-7-18(17)29-22(19)27-20(26-21)15-5-4-11-24-14-15/h4-5,11,14,16H,1-3,6-10,12-13H2,(H,25,26,27). The van der Waals surface area contributed by atoms with Crippen LogP contribution in [0.4, 0.5) is 5.82 Å². The number of nitrogens with one attached hydrogen (secondary N) is 1. The van der Waals surface area contributed by atoms with Crippen LogP contribution in [0.15, 0.2) is 24.5 Å². The van der Waals surface area contributed by atoms with E-state index in [0.717, 1.165) is 47.9 Å². The largest absolute Gasteiger partial charge is 0.375 e. The second-order valence-corrected chi connectivity index (χ2v) is 9.83. The lowest BCUT2D eigenvalue weighted by Crippen LogP contribution is -2.42. The molecule has 0 amide bonds. The van der Waals surface area contributed by atoms with Crippen LogP contribution in [0.1, 0.15) is 55.4 Å². The fourth-order valence-corrected chi connectivity index (χ4v) is 6.70. The monoisotopic (exact) mass is 406 g/mol. The van der Waals surface area contributed by atoms with Gasteiger partial charge in [-0.15, -0.1) is 11.3 Å². The molecule has 0 aromatic carbocycles. The Hall–Kier alpha value is -2.05. The summed E-state index contributed by atoms with van der Waals surface area (Å²) in [5.41, 5.74) is 2.56. The molecule has 150 valence electrons. The van der Waals surface area contributed by atoms with Crippen LogP contribution in [0.2, 0.25) is 0 Å². The Morgan fingerprint density at radius 3 is 2.93 bits per heavy atom. The minimum absolute atomic E-state index is 0.102. The van der Waals surface area contributed by atoms with Crippen molar-refractivity contribution in [1.29, 1.82) is 0 Å². The maximum absolute atomic E-state index is 6.25. The molecule has 5 nitrogen and oxygen atoms in total. The van der Waals surface area contributed by atoms with Crippen molar-refractivity contribution in [2.75, 3.05) is 11.9 Å². The number of ether oxygens (including phenoxy) is 1. The van der Waals surface area contributed by atoms with Crippen molar-refractivity contribution >= 4 is 27.4 Å². The average Bonchev–Trinajstić information content (AvgIpc) is 3.45. The summed E-state index contributed by atoms with van der Waals surface area (Å²) in [7, 11) is 0. The summed E-state index contributed by atoms with van der Waals surface area (Å²) >= 11 is 1.85. The number of hydrogen-bond acceptors (Lipinski definition) is 6. The van der Waals surface area contributed by atoms with Crippen molar-refractivity contribution in [1.82, 2.24) is 15.0 Å². The Morgan fingerprint density at radius 2 is 2.07 bits per heavy atom. The van der Waals surface area contributed by atoms with E-state index in [0.29, 0.717) is 6.04 Å². The summed E-state index contributed by atoms with van der Waals surface area (Å²) in [6.45, 7) is 0.850. The van der Waals surface area contributed by atoms with Gasteiger partial charge in [-0.25, -0.2) is 9.97 Å². The van der Waals surface area contributed by atoms with Crippen molar-refractivity contribution in [2.24, 2.45) is 0 Å². The van der Waals surface area contributed by atoms with E-state index in [9.17, 15) is 0 Å². The molecule has 1 saturated carbocycles. The molecule has 2 fully saturated rings. The Kier molecular flexibility index (Phi) is 4.31. The molecule has 3 aromatic heterocycles. The summed E-state index contributed by atoms with van der Waals surface area (Å²) in [5.74, 6) is 1.80. The number of pyridine rings is 1. The summed E-state index contributed by atoms with van der Waals surface area (Å²) in [6.07, 6.45) is 14.4. The van der Waals surface area contributed by atoms with E-state index >= 15 is 0 Å². The van der Waals surface area contributed by atoms with E-state index in [4.69, 9.17) is 14.7 Å². The first kappa shape index (κ1) is 17.8. The molecule has 1 aliphatic heterocycles. The number of thiophene rings is 1. The molecule has 3 aromatic rings. The van der Waals surface area contributed by atoms with Crippen LogP contribution in [-0.2, 0) is 17.6 Å². The number of aromatic nitrogens is 3. The van der Waals surface area contributed by atoms with Gasteiger partial charge in [-0.3, -0.25) is 4.98 Å². The molecule has 1 unspecified atom stereocenters. The van der Waals surface area contributed by atoms with Crippen LogP contribution in [0.3, 0.4) is 0 Å².